The van der Waals surface area contributed by atoms with E-state index in [0.29, 0.717) is 13.1 Å². The van der Waals surface area contributed by atoms with E-state index in [1.54, 1.807) is 0 Å². The molecule has 0 atom stereocenters. The van der Waals surface area contributed by atoms with E-state index in [0.717, 1.165) is 65.2 Å². The minimum Gasteiger partial charge on any atom is -0.342 e. The van der Waals surface area contributed by atoms with Crippen LogP contribution in [0.2, 0.25) is 0 Å². The molecule has 2 fully saturated rings. The van der Waals surface area contributed by atoms with Crippen molar-refractivity contribution in [2.24, 2.45) is 0 Å². The molecule has 0 aliphatic carbocycles. The first-order chi connectivity index (χ1) is 11.6. The molecular formula is C18H34N4O2. The van der Waals surface area contributed by atoms with E-state index in [-0.39, 0.29) is 11.8 Å². The maximum atomic E-state index is 12.4. The molecule has 24 heavy (non-hydrogen) atoms. The van der Waals surface area contributed by atoms with E-state index >= 15 is 0 Å². The van der Waals surface area contributed by atoms with Gasteiger partial charge >= 0.3 is 0 Å². The van der Waals surface area contributed by atoms with E-state index in [1.165, 1.54) is 12.8 Å². The average Bonchev–Trinajstić information content (AvgIpc) is 3.08. The summed E-state index contributed by atoms with van der Waals surface area (Å²) in [4.78, 5) is 33.2. The summed E-state index contributed by atoms with van der Waals surface area (Å²) in [5, 5.41) is 0. The van der Waals surface area contributed by atoms with Crippen LogP contribution in [0.5, 0.6) is 0 Å². The third kappa shape index (κ3) is 5.74. The number of hydrogen-bond acceptors (Lipinski definition) is 4. The van der Waals surface area contributed by atoms with Gasteiger partial charge in [0.1, 0.15) is 0 Å². The smallest absolute Gasteiger partial charge is 0.236 e. The van der Waals surface area contributed by atoms with Gasteiger partial charge in [0, 0.05) is 39.3 Å². The average molecular weight is 338 g/mol. The number of hydrogen-bond donors (Lipinski definition) is 0. The zero-order chi connectivity index (χ0) is 17.4. The highest BCUT2D eigenvalue weighted by Crippen LogP contribution is 2.09. The van der Waals surface area contributed by atoms with Crippen molar-refractivity contribution in [1.29, 1.82) is 0 Å². The molecule has 0 unspecified atom stereocenters. The molecule has 6 heteroatoms. The van der Waals surface area contributed by atoms with E-state index in [2.05, 4.69) is 23.6 Å². The summed E-state index contributed by atoms with van der Waals surface area (Å²) in [6, 6.07) is 0. The van der Waals surface area contributed by atoms with E-state index < -0.39 is 0 Å². The van der Waals surface area contributed by atoms with Crippen LogP contribution in [0.25, 0.3) is 0 Å². The van der Waals surface area contributed by atoms with Gasteiger partial charge in [0.25, 0.3) is 0 Å². The van der Waals surface area contributed by atoms with Crippen LogP contribution in [0.1, 0.15) is 39.5 Å². The molecule has 2 saturated heterocycles. The Morgan fingerprint density at radius 1 is 0.792 bits per heavy atom. The lowest BCUT2D eigenvalue weighted by atomic mass is 10.2. The Labute approximate surface area is 146 Å². The number of carbonyl (C=O) groups excluding carboxylic acids is 2. The molecule has 0 radical (unpaired) electrons. The van der Waals surface area contributed by atoms with Crippen molar-refractivity contribution < 1.29 is 9.59 Å². The molecule has 0 N–H and O–H groups in total. The first-order valence-electron chi connectivity index (χ1n) is 9.64. The van der Waals surface area contributed by atoms with Crippen molar-refractivity contribution in [3.63, 3.8) is 0 Å². The van der Waals surface area contributed by atoms with Gasteiger partial charge in [0.15, 0.2) is 0 Å². The summed E-state index contributed by atoms with van der Waals surface area (Å²) < 4.78 is 0. The van der Waals surface area contributed by atoms with Crippen LogP contribution in [0.4, 0.5) is 0 Å². The summed E-state index contributed by atoms with van der Waals surface area (Å²) in [5.74, 6) is 0.483. The van der Waals surface area contributed by atoms with Crippen LogP contribution in [0.3, 0.4) is 0 Å². The Hall–Kier alpha value is -1.14. The zero-order valence-electron chi connectivity index (χ0n) is 15.5. The number of piperazine rings is 1. The van der Waals surface area contributed by atoms with Crippen molar-refractivity contribution in [1.82, 2.24) is 19.6 Å². The fourth-order valence-corrected chi connectivity index (χ4v) is 3.58. The summed E-state index contributed by atoms with van der Waals surface area (Å²) in [7, 11) is 0. The van der Waals surface area contributed by atoms with Crippen LogP contribution in [-0.2, 0) is 9.59 Å². The summed E-state index contributed by atoms with van der Waals surface area (Å²) in [6.45, 7) is 12.2. The molecule has 0 aromatic carbocycles. The second-order valence-electron chi connectivity index (χ2n) is 7.02. The number of rotatable bonds is 8. The molecule has 2 amide bonds. The normalized spacial score (nSPS) is 19.7. The fraction of sp³-hybridized carbons (Fsp3) is 0.889. The van der Waals surface area contributed by atoms with Crippen molar-refractivity contribution in [2.75, 3.05) is 65.4 Å². The van der Waals surface area contributed by atoms with Crippen molar-refractivity contribution in [3.05, 3.63) is 0 Å². The quantitative estimate of drug-likeness (QED) is 0.659. The minimum absolute atomic E-state index is 0.232. The molecule has 0 aromatic rings. The SMILES string of the molecule is CCCN(CCC)C(=O)CN1CCN(C(=O)CN2CCCC2)CC1. The topological polar surface area (TPSA) is 47.1 Å². The monoisotopic (exact) mass is 338 g/mol. The Balaban J connectivity index is 1.71. The van der Waals surface area contributed by atoms with Gasteiger partial charge in [-0.3, -0.25) is 19.4 Å². The Morgan fingerprint density at radius 2 is 1.33 bits per heavy atom. The molecule has 138 valence electrons. The standard InChI is InChI=1S/C18H34N4O2/c1-3-7-21(8-4-2)17(23)16-20-11-13-22(14-12-20)18(24)15-19-9-5-6-10-19/h3-16H2,1-2H3. The van der Waals surface area contributed by atoms with E-state index in [1.807, 2.05) is 9.80 Å². The molecule has 0 bridgehead atoms. The van der Waals surface area contributed by atoms with Crippen LogP contribution >= 0.6 is 0 Å². The number of likely N-dealkylation sites (tertiary alicyclic amines) is 1. The third-order valence-corrected chi connectivity index (χ3v) is 4.98. The maximum absolute atomic E-state index is 12.4. The van der Waals surface area contributed by atoms with Crippen LogP contribution in [0.15, 0.2) is 0 Å². The van der Waals surface area contributed by atoms with Gasteiger partial charge in [-0.25, -0.2) is 0 Å². The number of amides is 2. The third-order valence-electron chi connectivity index (χ3n) is 4.98. The largest absolute Gasteiger partial charge is 0.342 e. The highest BCUT2D eigenvalue weighted by atomic mass is 16.2. The van der Waals surface area contributed by atoms with Crippen LogP contribution in [0, 0.1) is 0 Å². The van der Waals surface area contributed by atoms with Gasteiger partial charge < -0.3 is 9.80 Å². The van der Waals surface area contributed by atoms with Gasteiger partial charge in [-0.05, 0) is 38.8 Å². The molecule has 2 aliphatic heterocycles. The van der Waals surface area contributed by atoms with Crippen molar-refractivity contribution in [2.45, 2.75) is 39.5 Å². The Morgan fingerprint density at radius 3 is 1.88 bits per heavy atom. The van der Waals surface area contributed by atoms with E-state index in [9.17, 15) is 9.59 Å². The van der Waals surface area contributed by atoms with Crippen molar-refractivity contribution in [3.8, 4) is 0 Å². The maximum Gasteiger partial charge on any atom is 0.236 e. The van der Waals surface area contributed by atoms with Crippen molar-refractivity contribution >= 4 is 11.8 Å². The Kier molecular flexibility index (Phi) is 7.99. The summed E-state index contributed by atoms with van der Waals surface area (Å²) >= 11 is 0. The molecular weight excluding hydrogens is 304 g/mol. The van der Waals surface area contributed by atoms with E-state index in [4.69, 9.17) is 0 Å². The molecule has 0 spiro atoms. The molecule has 2 heterocycles. The van der Waals surface area contributed by atoms with Gasteiger partial charge in [-0.1, -0.05) is 13.8 Å². The summed E-state index contributed by atoms with van der Waals surface area (Å²) in [6.07, 6.45) is 4.44. The second-order valence-corrected chi connectivity index (χ2v) is 7.02. The lowest BCUT2D eigenvalue weighted by Crippen LogP contribution is -2.53. The molecule has 2 rings (SSSR count). The molecule has 0 aromatic heterocycles. The van der Waals surface area contributed by atoms with Gasteiger partial charge in [0.2, 0.25) is 11.8 Å². The lowest BCUT2D eigenvalue weighted by Gasteiger charge is -2.36. The van der Waals surface area contributed by atoms with Crippen LogP contribution in [-0.4, -0.2) is 96.9 Å². The number of nitrogens with zero attached hydrogens (tertiary/aromatic N) is 4. The van der Waals surface area contributed by atoms with Crippen LogP contribution < -0.4 is 0 Å². The molecule has 0 saturated carbocycles. The number of carbonyl (C=O) groups is 2. The van der Waals surface area contributed by atoms with Gasteiger partial charge in [0.05, 0.1) is 13.1 Å². The first kappa shape index (κ1) is 19.2. The predicted molar refractivity (Wildman–Crippen MR) is 95.9 cm³/mol. The lowest BCUT2D eigenvalue weighted by molar-refractivity contribution is -0.135. The second kappa shape index (κ2) is 9.99. The first-order valence-corrected chi connectivity index (χ1v) is 9.64. The molecule has 6 nitrogen and oxygen atoms in total. The fourth-order valence-electron chi connectivity index (χ4n) is 3.58. The van der Waals surface area contributed by atoms with Gasteiger partial charge in [-0.2, -0.15) is 0 Å². The zero-order valence-corrected chi connectivity index (χ0v) is 15.5. The summed E-state index contributed by atoms with van der Waals surface area (Å²) in [5.41, 5.74) is 0. The highest BCUT2D eigenvalue weighted by molar-refractivity contribution is 5.79. The Bertz CT molecular complexity index is 396. The predicted octanol–water partition coefficient (Wildman–Crippen LogP) is 0.875. The molecule has 2 aliphatic rings. The van der Waals surface area contributed by atoms with Gasteiger partial charge in [-0.15, -0.1) is 0 Å². The highest BCUT2D eigenvalue weighted by Gasteiger charge is 2.25. The minimum atomic E-state index is 0.232.